The number of alkyl halides is 3. The van der Waals surface area contributed by atoms with E-state index in [1.165, 1.54) is 16.5 Å². The zero-order valence-electron chi connectivity index (χ0n) is 17.3. The van der Waals surface area contributed by atoms with E-state index in [0.717, 1.165) is 24.1 Å². The van der Waals surface area contributed by atoms with Crippen molar-refractivity contribution in [2.45, 2.75) is 36.7 Å². The van der Waals surface area contributed by atoms with E-state index in [1.807, 2.05) is 30.3 Å². The molecule has 0 spiro atoms. The second kappa shape index (κ2) is 9.65. The second-order valence-electron chi connectivity index (χ2n) is 7.57. The third kappa shape index (κ3) is 6.01. The summed E-state index contributed by atoms with van der Waals surface area (Å²) in [5, 5.41) is 0.664. The number of hydrogen-bond acceptors (Lipinski definition) is 7. The molecular formula is C21H21F3N4O3S2. The lowest BCUT2D eigenvalue weighted by Crippen LogP contribution is -2.38. The lowest BCUT2D eigenvalue weighted by Gasteiger charge is -2.32. The van der Waals surface area contributed by atoms with Crippen molar-refractivity contribution in [2.24, 2.45) is 0 Å². The summed E-state index contributed by atoms with van der Waals surface area (Å²) in [6.45, 7) is 2.12. The number of likely N-dealkylation sites (tertiary alicyclic amines) is 1. The molecule has 33 heavy (non-hydrogen) atoms. The fraction of sp³-hybridized carbons (Fsp3) is 0.333. The van der Waals surface area contributed by atoms with Gasteiger partial charge in [0.25, 0.3) is 10.0 Å². The van der Waals surface area contributed by atoms with E-state index >= 15 is 0 Å². The lowest BCUT2D eigenvalue weighted by molar-refractivity contribution is -0.139. The summed E-state index contributed by atoms with van der Waals surface area (Å²) in [5.41, 5.74) is 1.39. The van der Waals surface area contributed by atoms with Gasteiger partial charge in [-0.15, -0.1) is 11.3 Å². The topological polar surface area (TPSA) is 84.4 Å². The standard InChI is InChI=1S/C21H21F3N4O3S2/c22-21(23,24)17-10-20(33(29,30)27-19-13-32-14-26-19)25-11-18(17)31-16-6-8-28(9-7-16)12-15-4-2-1-3-5-15/h1-5,10-11,13-14,16,27H,6-9,12H2. The number of ether oxygens (including phenoxy) is 1. The minimum Gasteiger partial charge on any atom is -0.488 e. The van der Waals surface area contributed by atoms with Crippen LogP contribution < -0.4 is 9.46 Å². The fourth-order valence-electron chi connectivity index (χ4n) is 3.55. The van der Waals surface area contributed by atoms with Gasteiger partial charge in [0.2, 0.25) is 0 Å². The molecule has 1 saturated heterocycles. The molecule has 0 bridgehead atoms. The van der Waals surface area contributed by atoms with Crippen LogP contribution in [0, 0.1) is 0 Å². The SMILES string of the molecule is O=S(=O)(Nc1cscn1)c1cc(C(F)(F)F)c(OC2CCN(Cc3ccccc3)CC2)cn1. The molecule has 7 nitrogen and oxygen atoms in total. The Bertz CT molecular complexity index is 1170. The Balaban J connectivity index is 1.45. The summed E-state index contributed by atoms with van der Waals surface area (Å²) in [6.07, 6.45) is -3.30. The first-order chi connectivity index (χ1) is 15.7. The third-order valence-electron chi connectivity index (χ3n) is 5.17. The molecule has 3 heterocycles. The molecule has 0 unspecified atom stereocenters. The van der Waals surface area contributed by atoms with Crippen LogP contribution in [0.2, 0.25) is 0 Å². The second-order valence-corrected chi connectivity index (χ2v) is 9.92. The first-order valence-corrected chi connectivity index (χ1v) is 12.5. The molecule has 12 heteroatoms. The van der Waals surface area contributed by atoms with Gasteiger partial charge >= 0.3 is 6.18 Å². The van der Waals surface area contributed by atoms with Crippen LogP contribution in [0.3, 0.4) is 0 Å². The summed E-state index contributed by atoms with van der Waals surface area (Å²) < 4.78 is 73.8. The predicted octanol–water partition coefficient (Wildman–Crippen LogP) is 4.40. The van der Waals surface area contributed by atoms with E-state index in [2.05, 4.69) is 19.6 Å². The van der Waals surface area contributed by atoms with E-state index in [9.17, 15) is 21.6 Å². The number of aromatic nitrogens is 2. The third-order valence-corrected chi connectivity index (χ3v) is 7.01. The zero-order valence-corrected chi connectivity index (χ0v) is 19.0. The zero-order chi connectivity index (χ0) is 23.5. The Kier molecular flexibility index (Phi) is 6.86. The number of benzene rings is 1. The maximum Gasteiger partial charge on any atom is 0.420 e. The Morgan fingerprint density at radius 3 is 2.52 bits per heavy atom. The van der Waals surface area contributed by atoms with Crippen LogP contribution in [0.25, 0.3) is 0 Å². The van der Waals surface area contributed by atoms with Crippen LogP contribution in [0.15, 0.2) is 58.5 Å². The first kappa shape index (κ1) is 23.5. The van der Waals surface area contributed by atoms with Crippen molar-refractivity contribution in [3.05, 3.63) is 64.6 Å². The van der Waals surface area contributed by atoms with Gasteiger partial charge in [-0.2, -0.15) is 21.6 Å². The molecule has 0 saturated carbocycles. The maximum atomic E-state index is 13.7. The largest absolute Gasteiger partial charge is 0.488 e. The van der Waals surface area contributed by atoms with Crippen LogP contribution in [0.5, 0.6) is 5.75 Å². The summed E-state index contributed by atoms with van der Waals surface area (Å²) in [4.78, 5) is 9.73. The predicted molar refractivity (Wildman–Crippen MR) is 118 cm³/mol. The van der Waals surface area contributed by atoms with Gasteiger partial charge in [0.1, 0.15) is 17.4 Å². The number of hydrogen-bond donors (Lipinski definition) is 1. The lowest BCUT2D eigenvalue weighted by atomic mass is 10.1. The molecule has 4 rings (SSSR count). The maximum absolute atomic E-state index is 13.7. The number of halogens is 3. The van der Waals surface area contributed by atoms with Crippen LogP contribution >= 0.6 is 11.3 Å². The van der Waals surface area contributed by atoms with Crippen molar-refractivity contribution in [1.29, 1.82) is 0 Å². The smallest absolute Gasteiger partial charge is 0.420 e. The van der Waals surface area contributed by atoms with Gasteiger partial charge < -0.3 is 4.74 Å². The molecule has 1 aliphatic rings. The van der Waals surface area contributed by atoms with Gasteiger partial charge in [-0.1, -0.05) is 30.3 Å². The molecular weight excluding hydrogens is 477 g/mol. The van der Waals surface area contributed by atoms with Gasteiger partial charge in [-0.05, 0) is 24.5 Å². The first-order valence-electron chi connectivity index (χ1n) is 10.1. The quantitative estimate of drug-likeness (QED) is 0.520. The summed E-state index contributed by atoms with van der Waals surface area (Å²) in [5.74, 6) is -0.463. The molecule has 0 amide bonds. The number of rotatable bonds is 7. The van der Waals surface area contributed by atoms with E-state index in [-0.39, 0.29) is 5.82 Å². The van der Waals surface area contributed by atoms with Gasteiger partial charge in [-0.3, -0.25) is 9.62 Å². The highest BCUT2D eigenvalue weighted by Gasteiger charge is 2.37. The molecule has 0 aliphatic carbocycles. The number of piperidine rings is 1. The van der Waals surface area contributed by atoms with Crippen LogP contribution in [0.4, 0.5) is 19.0 Å². The number of nitrogens with one attached hydrogen (secondary N) is 1. The van der Waals surface area contributed by atoms with E-state index < -0.39 is 38.6 Å². The molecule has 1 aromatic carbocycles. The van der Waals surface area contributed by atoms with E-state index in [1.54, 1.807) is 0 Å². The highest BCUT2D eigenvalue weighted by atomic mass is 32.2. The monoisotopic (exact) mass is 498 g/mol. The summed E-state index contributed by atoms with van der Waals surface area (Å²) >= 11 is 1.14. The van der Waals surface area contributed by atoms with Crippen molar-refractivity contribution >= 4 is 27.2 Å². The van der Waals surface area contributed by atoms with Crippen LogP contribution in [0.1, 0.15) is 24.0 Å². The Morgan fingerprint density at radius 2 is 1.88 bits per heavy atom. The number of nitrogens with zero attached hydrogens (tertiary/aromatic N) is 3. The molecule has 1 fully saturated rings. The van der Waals surface area contributed by atoms with Crippen molar-refractivity contribution in [3.63, 3.8) is 0 Å². The number of pyridine rings is 1. The normalized spacial score (nSPS) is 16.0. The molecule has 3 aromatic rings. The Morgan fingerprint density at radius 1 is 1.15 bits per heavy atom. The molecule has 176 valence electrons. The van der Waals surface area contributed by atoms with Crippen molar-refractivity contribution in [2.75, 3.05) is 17.8 Å². The van der Waals surface area contributed by atoms with Gasteiger partial charge in [0, 0.05) is 25.0 Å². The van der Waals surface area contributed by atoms with E-state index in [4.69, 9.17) is 4.74 Å². The Labute approximate surface area is 193 Å². The average molecular weight is 499 g/mol. The van der Waals surface area contributed by atoms with Gasteiger partial charge in [0.15, 0.2) is 10.8 Å². The number of anilines is 1. The van der Waals surface area contributed by atoms with Crippen LogP contribution in [-0.2, 0) is 22.7 Å². The van der Waals surface area contributed by atoms with Crippen molar-refractivity contribution < 1.29 is 26.3 Å². The minimum atomic E-state index is -4.81. The summed E-state index contributed by atoms with van der Waals surface area (Å²) in [6, 6.07) is 10.4. The van der Waals surface area contributed by atoms with Crippen LogP contribution in [-0.4, -0.2) is 42.5 Å². The molecule has 0 atom stereocenters. The van der Waals surface area contributed by atoms with Gasteiger partial charge in [-0.25, -0.2) is 9.97 Å². The average Bonchev–Trinajstić information content (AvgIpc) is 3.27. The number of sulfonamides is 1. The highest BCUT2D eigenvalue weighted by Crippen LogP contribution is 2.38. The van der Waals surface area contributed by atoms with Crippen molar-refractivity contribution in [1.82, 2.24) is 14.9 Å². The minimum absolute atomic E-state index is 0.0120. The molecule has 1 aliphatic heterocycles. The Hall–Kier alpha value is -2.70. The summed E-state index contributed by atoms with van der Waals surface area (Å²) in [7, 11) is -4.33. The highest BCUT2D eigenvalue weighted by molar-refractivity contribution is 7.92. The van der Waals surface area contributed by atoms with E-state index in [0.29, 0.717) is 32.0 Å². The molecule has 1 N–H and O–H groups in total. The fourth-order valence-corrected chi connectivity index (χ4v) is 5.06. The molecule has 2 aromatic heterocycles. The van der Waals surface area contributed by atoms with Gasteiger partial charge in [0.05, 0.1) is 11.7 Å². The van der Waals surface area contributed by atoms with Crippen molar-refractivity contribution in [3.8, 4) is 5.75 Å². The number of thiazole rings is 1. The molecule has 0 radical (unpaired) electrons.